The Morgan fingerprint density at radius 3 is 2.22 bits per heavy atom. The topological polar surface area (TPSA) is 57.7 Å². The van der Waals surface area contributed by atoms with Crippen LogP contribution in [0, 0.1) is 17.5 Å². The fourth-order valence-electron chi connectivity index (χ4n) is 3.83. The van der Waals surface area contributed by atoms with Crippen molar-refractivity contribution in [3.05, 3.63) is 89.4 Å². The van der Waals surface area contributed by atoms with Crippen molar-refractivity contribution in [1.29, 1.82) is 0 Å². The first-order valence-corrected chi connectivity index (χ1v) is 11.6. The molecule has 0 fully saturated rings. The number of carbonyl (C=O) groups excluding carboxylic acids is 1. The Bertz CT molecular complexity index is 1490. The predicted octanol–water partition coefficient (Wildman–Crippen LogP) is 6.58. The number of methoxy groups -OCH3 is 2. The van der Waals surface area contributed by atoms with Gasteiger partial charge in [0.1, 0.15) is 34.7 Å². The van der Waals surface area contributed by atoms with Crippen molar-refractivity contribution in [3.8, 4) is 23.0 Å². The van der Waals surface area contributed by atoms with Crippen LogP contribution in [0.25, 0.3) is 10.9 Å². The number of thiocarbonyl (C=S) groups is 1. The van der Waals surface area contributed by atoms with E-state index in [0.717, 1.165) is 12.1 Å². The summed E-state index contributed by atoms with van der Waals surface area (Å²) in [6.07, 6.45) is 1.27. The van der Waals surface area contributed by atoms with Gasteiger partial charge in [0.15, 0.2) is 11.5 Å². The highest BCUT2D eigenvalue weighted by Gasteiger charge is 2.15. The van der Waals surface area contributed by atoms with Crippen molar-refractivity contribution >= 4 is 33.8 Å². The maximum atomic E-state index is 14.9. The second-order valence-electron chi connectivity index (χ2n) is 8.23. The van der Waals surface area contributed by atoms with Crippen LogP contribution in [0.2, 0.25) is 0 Å². The van der Waals surface area contributed by atoms with Gasteiger partial charge in [0, 0.05) is 53.9 Å². The standard InChI is InChI=1S/C28H22F3NO4S/c1-34-27-14-22-25(15-28(27)35-2)32-8-7-26(22)36-20-6-4-17(24(31)13-20)10-21(37)12-19(33)9-16-3-5-18(29)11-23(16)30/h3-8,11,13-15H,9-10,12H2,1-2H3. The highest BCUT2D eigenvalue weighted by atomic mass is 32.1. The molecule has 37 heavy (non-hydrogen) atoms. The molecule has 0 saturated heterocycles. The van der Waals surface area contributed by atoms with Gasteiger partial charge in [-0.15, -0.1) is 0 Å². The minimum Gasteiger partial charge on any atom is -0.493 e. The van der Waals surface area contributed by atoms with Crippen LogP contribution >= 0.6 is 12.2 Å². The van der Waals surface area contributed by atoms with E-state index < -0.39 is 17.5 Å². The van der Waals surface area contributed by atoms with Crippen LogP contribution in [0.3, 0.4) is 0 Å². The molecule has 0 bridgehead atoms. The lowest BCUT2D eigenvalue weighted by Crippen LogP contribution is -2.12. The number of benzene rings is 3. The highest BCUT2D eigenvalue weighted by molar-refractivity contribution is 7.80. The lowest BCUT2D eigenvalue weighted by atomic mass is 10.0. The van der Waals surface area contributed by atoms with Gasteiger partial charge < -0.3 is 14.2 Å². The van der Waals surface area contributed by atoms with Gasteiger partial charge in [-0.2, -0.15) is 0 Å². The molecule has 0 amide bonds. The summed E-state index contributed by atoms with van der Waals surface area (Å²) in [5.74, 6) is -0.664. The number of ether oxygens (including phenoxy) is 3. The minimum atomic E-state index is -0.791. The molecule has 0 saturated carbocycles. The number of ketones is 1. The Hall–Kier alpha value is -3.98. The fraction of sp³-hybridized carbons (Fsp3) is 0.179. The monoisotopic (exact) mass is 525 g/mol. The molecule has 4 aromatic rings. The molecular formula is C28H22F3NO4S. The third kappa shape index (κ3) is 6.24. The lowest BCUT2D eigenvalue weighted by Gasteiger charge is -2.13. The number of hydrogen-bond donors (Lipinski definition) is 0. The molecule has 0 atom stereocenters. The van der Waals surface area contributed by atoms with Crippen LogP contribution in [0.5, 0.6) is 23.0 Å². The Labute approximate surface area is 216 Å². The van der Waals surface area contributed by atoms with E-state index >= 15 is 0 Å². The fourth-order valence-corrected chi connectivity index (χ4v) is 4.15. The first-order chi connectivity index (χ1) is 17.8. The molecule has 1 heterocycles. The summed E-state index contributed by atoms with van der Waals surface area (Å²) in [7, 11) is 3.05. The summed E-state index contributed by atoms with van der Waals surface area (Å²) >= 11 is 5.28. The zero-order chi connectivity index (χ0) is 26.5. The van der Waals surface area contributed by atoms with Gasteiger partial charge in [-0.3, -0.25) is 9.78 Å². The van der Waals surface area contributed by atoms with Crippen LogP contribution in [0.1, 0.15) is 17.5 Å². The summed E-state index contributed by atoms with van der Waals surface area (Å²) in [6.45, 7) is 0. The van der Waals surface area contributed by atoms with Crippen LogP contribution in [0.4, 0.5) is 13.2 Å². The second kappa shape index (κ2) is 11.4. The molecule has 0 aliphatic carbocycles. The number of fused-ring (bicyclic) bond motifs is 1. The van der Waals surface area contributed by atoms with Crippen molar-refractivity contribution in [2.45, 2.75) is 19.3 Å². The van der Waals surface area contributed by atoms with E-state index in [1.807, 2.05) is 0 Å². The van der Waals surface area contributed by atoms with Crippen LogP contribution in [-0.2, 0) is 17.6 Å². The number of Topliss-reactive ketones (excluding diaryl/α,β-unsaturated/α-hetero) is 1. The van der Waals surface area contributed by atoms with Gasteiger partial charge in [0.2, 0.25) is 0 Å². The average Bonchev–Trinajstić information content (AvgIpc) is 2.86. The number of pyridine rings is 1. The SMILES string of the molecule is COc1cc2nccc(Oc3ccc(CC(=S)CC(=O)Cc4ccc(F)cc4F)c(F)c3)c2cc1OC. The second-order valence-corrected chi connectivity index (χ2v) is 8.81. The number of carbonyl (C=O) groups is 1. The average molecular weight is 526 g/mol. The zero-order valence-electron chi connectivity index (χ0n) is 20.0. The molecule has 1 aromatic heterocycles. The smallest absolute Gasteiger partial charge is 0.162 e. The Morgan fingerprint density at radius 2 is 1.51 bits per heavy atom. The molecule has 0 radical (unpaired) electrons. The van der Waals surface area contributed by atoms with Crippen LogP contribution in [-0.4, -0.2) is 29.9 Å². The van der Waals surface area contributed by atoms with E-state index in [0.29, 0.717) is 38.6 Å². The maximum Gasteiger partial charge on any atom is 0.162 e. The van der Waals surface area contributed by atoms with E-state index in [1.165, 1.54) is 32.4 Å². The first kappa shape index (κ1) is 26.1. The van der Waals surface area contributed by atoms with E-state index in [9.17, 15) is 18.0 Å². The van der Waals surface area contributed by atoms with Gasteiger partial charge in [-0.25, -0.2) is 13.2 Å². The molecule has 4 rings (SSSR count). The van der Waals surface area contributed by atoms with E-state index in [4.69, 9.17) is 26.4 Å². The number of rotatable bonds is 10. The van der Waals surface area contributed by atoms with Gasteiger partial charge >= 0.3 is 0 Å². The number of nitrogens with zero attached hydrogens (tertiary/aromatic N) is 1. The van der Waals surface area contributed by atoms with Crippen LogP contribution in [0.15, 0.2) is 60.8 Å². The molecule has 0 N–H and O–H groups in total. The summed E-state index contributed by atoms with van der Waals surface area (Å²) < 4.78 is 58.3. The van der Waals surface area contributed by atoms with E-state index in [1.54, 1.807) is 30.5 Å². The Balaban J connectivity index is 1.44. The zero-order valence-corrected chi connectivity index (χ0v) is 20.8. The molecule has 190 valence electrons. The minimum absolute atomic E-state index is 0.0499. The highest BCUT2D eigenvalue weighted by Crippen LogP contribution is 2.37. The number of aromatic nitrogens is 1. The summed E-state index contributed by atoms with van der Waals surface area (Å²) in [5, 5.41) is 0.655. The molecule has 0 aliphatic rings. The maximum absolute atomic E-state index is 14.9. The van der Waals surface area contributed by atoms with Crippen molar-refractivity contribution in [3.63, 3.8) is 0 Å². The van der Waals surface area contributed by atoms with Crippen molar-refractivity contribution < 1.29 is 32.2 Å². The van der Waals surface area contributed by atoms with Gasteiger partial charge in [-0.05, 0) is 35.4 Å². The molecule has 5 nitrogen and oxygen atoms in total. The Morgan fingerprint density at radius 1 is 0.838 bits per heavy atom. The molecule has 9 heteroatoms. The van der Waals surface area contributed by atoms with E-state index in [2.05, 4.69) is 4.98 Å². The van der Waals surface area contributed by atoms with E-state index in [-0.39, 0.29) is 36.4 Å². The largest absolute Gasteiger partial charge is 0.493 e. The molecule has 0 spiro atoms. The quantitative estimate of drug-likeness (QED) is 0.218. The third-order valence-corrected chi connectivity index (χ3v) is 5.93. The summed E-state index contributed by atoms with van der Waals surface area (Å²) in [4.78, 5) is 16.9. The lowest BCUT2D eigenvalue weighted by molar-refractivity contribution is -0.117. The number of hydrogen-bond acceptors (Lipinski definition) is 6. The summed E-state index contributed by atoms with van der Waals surface area (Å²) in [6, 6.07) is 12.5. The van der Waals surface area contributed by atoms with Crippen LogP contribution < -0.4 is 14.2 Å². The predicted molar refractivity (Wildman–Crippen MR) is 137 cm³/mol. The Kier molecular flexibility index (Phi) is 8.03. The molecular weight excluding hydrogens is 503 g/mol. The third-order valence-electron chi connectivity index (χ3n) is 5.64. The van der Waals surface area contributed by atoms with Gasteiger partial charge in [-0.1, -0.05) is 24.4 Å². The van der Waals surface area contributed by atoms with Crippen molar-refractivity contribution in [1.82, 2.24) is 4.98 Å². The molecule has 0 aliphatic heterocycles. The van der Waals surface area contributed by atoms with Crippen molar-refractivity contribution in [2.24, 2.45) is 0 Å². The summed E-state index contributed by atoms with van der Waals surface area (Å²) in [5.41, 5.74) is 0.994. The van der Waals surface area contributed by atoms with Crippen molar-refractivity contribution in [2.75, 3.05) is 14.2 Å². The normalized spacial score (nSPS) is 10.8. The molecule has 3 aromatic carbocycles. The van der Waals surface area contributed by atoms with Gasteiger partial charge in [0.25, 0.3) is 0 Å². The molecule has 0 unspecified atom stereocenters. The number of halogens is 3. The van der Waals surface area contributed by atoms with Gasteiger partial charge in [0.05, 0.1) is 19.7 Å². The first-order valence-electron chi connectivity index (χ1n) is 11.2.